The topological polar surface area (TPSA) is 381 Å². The second-order valence-electron chi connectivity index (χ2n) is 18.4. The number of carbonyl (C=O) groups excluding carboxylic acids is 6. The van der Waals surface area contributed by atoms with Crippen LogP contribution in [0.3, 0.4) is 0 Å². The van der Waals surface area contributed by atoms with Gasteiger partial charge in [0.25, 0.3) is 0 Å². The quantitative estimate of drug-likeness (QED) is 0.115. The molecule has 0 fully saturated rings. The van der Waals surface area contributed by atoms with Crippen LogP contribution in [-0.2, 0) is 0 Å². The second kappa shape index (κ2) is 51.2. The average Bonchev–Trinajstić information content (AvgIpc) is 0.848. The van der Waals surface area contributed by atoms with Crippen molar-refractivity contribution in [3.63, 3.8) is 0 Å². The molecular weight excluding hydrogens is 2250 g/mol. The number of nitrogens with zero attached hydrogens (tertiary/aromatic N) is 6. The molecule has 12 aromatic rings. The fourth-order valence-corrected chi connectivity index (χ4v) is 9.17. The predicted molar refractivity (Wildman–Crippen MR) is 410 cm³/mol. The van der Waals surface area contributed by atoms with Gasteiger partial charge in [0.05, 0.1) is 81.4 Å². The molecule has 0 aliphatic carbocycles. The molecular formula is C72H50Gd2I6N6O14. The van der Waals surface area contributed by atoms with Gasteiger partial charge in [-0.3, -0.25) is 19.9 Å². The van der Waals surface area contributed by atoms with Gasteiger partial charge in [0.2, 0.25) is 0 Å². The smallest absolute Gasteiger partial charge is 0.545 e. The van der Waals surface area contributed by atoms with E-state index in [-0.39, 0.29) is 124 Å². The Morgan fingerprint density at radius 2 is 0.350 bits per heavy atom. The summed E-state index contributed by atoms with van der Waals surface area (Å²) >= 11 is 12.6. The van der Waals surface area contributed by atoms with Crippen molar-refractivity contribution < 1.29 is 150 Å². The Balaban J connectivity index is 0.000000577. The minimum atomic E-state index is -1.13. The summed E-state index contributed by atoms with van der Waals surface area (Å²) < 4.78 is 6.10. The van der Waals surface area contributed by atoms with Crippen LogP contribution in [-0.4, -0.2) is 76.7 Å². The molecule has 20 nitrogen and oxygen atoms in total. The molecule has 0 aliphatic heterocycles. The first kappa shape index (κ1) is 92.0. The molecule has 100 heavy (non-hydrogen) atoms. The minimum Gasteiger partial charge on any atom is -0.545 e. The molecule has 6 heterocycles. The van der Waals surface area contributed by atoms with Gasteiger partial charge in [0, 0.05) is 46.2 Å². The summed E-state index contributed by atoms with van der Waals surface area (Å²) in [5.74, 6) is -6.77. The zero-order valence-electron chi connectivity index (χ0n) is 51.1. The third kappa shape index (κ3) is 35.7. The molecule has 12 rings (SSSR count). The number of halogens is 6. The maximum atomic E-state index is 10.2. The first-order valence-corrected chi connectivity index (χ1v) is 33.9. The number of pyridine rings is 6. The van der Waals surface area contributed by atoms with Gasteiger partial charge in [-0.2, -0.15) is 0 Å². The largest absolute Gasteiger partial charge is 3.00 e. The number of carboxylic acid groups (broad SMARTS) is 6. The Labute approximate surface area is 720 Å². The Morgan fingerprint density at radius 3 is 0.470 bits per heavy atom. The Hall–Kier alpha value is -6.01. The average molecular weight is 2300 g/mol. The van der Waals surface area contributed by atoms with E-state index in [1.807, 2.05) is 109 Å². The molecule has 0 atom stereocenters. The van der Waals surface area contributed by atoms with E-state index in [0.717, 1.165) is 67.0 Å². The number of rotatable bonds is 10. The molecule has 0 unspecified atom stereocenters. The summed E-state index contributed by atoms with van der Waals surface area (Å²) in [6, 6.07) is 74.0. The Kier molecular flexibility index (Phi) is 47.1. The maximum Gasteiger partial charge on any atom is 3.00 e. The standard InChI is InChI=1S/2C15H11N3.6C7H5IO2.2Gd.2H2O/c2*1-3-10-16-12(6-1)14-8-5-9-15(18-14)13-7-2-4-11-17-13;6*8-6-3-1-5(2-4-6)7(9)10;;;;/h2*1-11H;6*1-4H,(H,9,10);;;2*1H2/q;;;;;;;;2*+3;;/p-6. The van der Waals surface area contributed by atoms with E-state index < -0.39 is 35.8 Å². The van der Waals surface area contributed by atoms with Crippen LogP contribution in [0.5, 0.6) is 0 Å². The first-order valence-electron chi connectivity index (χ1n) is 27.5. The van der Waals surface area contributed by atoms with E-state index in [1.54, 1.807) is 97.6 Å². The number of hydrogen-bond donors (Lipinski definition) is 0. The van der Waals surface area contributed by atoms with E-state index in [4.69, 9.17) is 0 Å². The number of aromatic carboxylic acids is 6. The fourth-order valence-electron chi connectivity index (χ4n) is 7.01. The molecule has 0 bridgehead atoms. The zero-order valence-corrected chi connectivity index (χ0v) is 68.6. The van der Waals surface area contributed by atoms with Crippen molar-refractivity contribution >= 4 is 171 Å². The molecule has 0 saturated carbocycles. The van der Waals surface area contributed by atoms with Gasteiger partial charge in [-0.25, -0.2) is 9.97 Å². The minimum absolute atomic E-state index is 0. The van der Waals surface area contributed by atoms with Gasteiger partial charge in [0.15, 0.2) is 0 Å². The van der Waals surface area contributed by atoms with Crippen LogP contribution in [0.2, 0.25) is 0 Å². The van der Waals surface area contributed by atoms with Crippen molar-refractivity contribution in [2.45, 2.75) is 0 Å². The molecule has 0 aliphatic rings. The zero-order chi connectivity index (χ0) is 69.8. The molecule has 4 N–H and O–H groups in total. The van der Waals surface area contributed by atoms with Crippen LogP contribution < -0.4 is 30.6 Å². The fraction of sp³-hybridized carbons (Fsp3) is 0. The summed E-state index contributed by atoms with van der Waals surface area (Å²) in [4.78, 5) is 87.6. The van der Waals surface area contributed by atoms with Crippen LogP contribution in [0.4, 0.5) is 0 Å². The maximum absolute atomic E-state index is 10.2. The number of benzene rings is 6. The summed E-state index contributed by atoms with van der Waals surface area (Å²) in [5, 5.41) is 61.2. The molecule has 28 heteroatoms. The van der Waals surface area contributed by atoms with Crippen LogP contribution in [0, 0.1) is 101 Å². The van der Waals surface area contributed by atoms with E-state index in [2.05, 4.69) is 165 Å². The molecule has 2 radical (unpaired) electrons. The van der Waals surface area contributed by atoms with Crippen molar-refractivity contribution in [2.75, 3.05) is 0 Å². The van der Waals surface area contributed by atoms with E-state index in [9.17, 15) is 59.4 Å². The number of hydrogen-bond acceptors (Lipinski definition) is 18. The summed E-state index contributed by atoms with van der Waals surface area (Å²) in [6.07, 6.45) is 7.07. The molecule has 6 aromatic carbocycles. The first-order chi connectivity index (χ1) is 46.1. The normalized spacial score (nSPS) is 9.26. The van der Waals surface area contributed by atoms with Crippen molar-refractivity contribution in [2.24, 2.45) is 0 Å². The van der Waals surface area contributed by atoms with Crippen LogP contribution in [0.15, 0.2) is 280 Å². The van der Waals surface area contributed by atoms with Gasteiger partial charge in [0.1, 0.15) is 0 Å². The van der Waals surface area contributed by atoms with Crippen LogP contribution >= 0.6 is 136 Å². The molecule has 6 aromatic heterocycles. The molecule has 0 spiro atoms. The van der Waals surface area contributed by atoms with Gasteiger partial charge >= 0.3 is 79.9 Å². The van der Waals surface area contributed by atoms with Crippen molar-refractivity contribution in [1.82, 2.24) is 29.9 Å². The number of carbonyl (C=O) groups is 6. The third-order valence-electron chi connectivity index (χ3n) is 11.7. The van der Waals surface area contributed by atoms with E-state index in [0.29, 0.717) is 0 Å². The summed E-state index contributed by atoms with van der Waals surface area (Å²) in [7, 11) is 0. The Bertz CT molecular complexity index is 3750. The van der Waals surface area contributed by atoms with Gasteiger partial charge in [-0.1, -0.05) is 109 Å². The monoisotopic (exact) mass is 2300 g/mol. The van der Waals surface area contributed by atoms with Crippen molar-refractivity contribution in [3.05, 3.63) is 334 Å². The number of aromatic nitrogens is 6. The van der Waals surface area contributed by atoms with Gasteiger partial charge in [-0.05, 0) is 315 Å². The summed E-state index contributed by atoms with van der Waals surface area (Å²) in [5.41, 5.74) is 8.26. The van der Waals surface area contributed by atoms with E-state index >= 15 is 0 Å². The Morgan fingerprint density at radius 1 is 0.210 bits per heavy atom. The van der Waals surface area contributed by atoms with Gasteiger partial charge < -0.3 is 70.4 Å². The third-order valence-corrected chi connectivity index (χ3v) is 16.0. The van der Waals surface area contributed by atoms with Crippen molar-refractivity contribution in [3.8, 4) is 45.6 Å². The second-order valence-corrected chi connectivity index (χ2v) is 25.9. The van der Waals surface area contributed by atoms with E-state index in [1.165, 1.54) is 72.8 Å². The summed E-state index contributed by atoms with van der Waals surface area (Å²) in [6.45, 7) is 0. The van der Waals surface area contributed by atoms with Crippen LogP contribution in [0.1, 0.15) is 62.1 Å². The molecule has 0 saturated heterocycles. The molecule has 0 amide bonds. The number of carboxylic acids is 6. The van der Waals surface area contributed by atoms with Crippen molar-refractivity contribution in [1.29, 1.82) is 0 Å². The van der Waals surface area contributed by atoms with Crippen LogP contribution in [0.25, 0.3) is 45.6 Å². The van der Waals surface area contributed by atoms with Gasteiger partial charge in [-0.15, -0.1) is 0 Å². The SMILES string of the molecule is O.O.O=C([O-])c1ccc(I)cc1.O=C([O-])c1ccc(I)cc1.O=C([O-])c1ccc(I)cc1.O=C([O-])c1ccc(I)cc1.O=C([O-])c1ccc(I)cc1.O=C([O-])c1ccc(I)cc1.[Gd+3].[Gd+3].c1ccc(-c2cccc(-c3ccccn3)n2)nc1.c1ccc(-c2cccc(-c3ccccn3)n2)nc1. The molecule has 510 valence electrons. The predicted octanol–water partition coefficient (Wildman–Crippen LogP) is 8.69.